The van der Waals surface area contributed by atoms with E-state index in [1.807, 2.05) is 12.1 Å². The van der Waals surface area contributed by atoms with Crippen LogP contribution in [0.25, 0.3) is 0 Å². The van der Waals surface area contributed by atoms with Crippen LogP contribution in [0.1, 0.15) is 38.2 Å². The van der Waals surface area contributed by atoms with Crippen molar-refractivity contribution in [3.63, 3.8) is 0 Å². The predicted molar refractivity (Wildman–Crippen MR) is 159 cm³/mol. The molecule has 0 saturated heterocycles. The van der Waals surface area contributed by atoms with Crippen molar-refractivity contribution in [2.24, 2.45) is 0 Å². The van der Waals surface area contributed by atoms with Gasteiger partial charge in [-0.15, -0.1) is 0 Å². The van der Waals surface area contributed by atoms with Gasteiger partial charge >= 0.3 is 0 Å². The van der Waals surface area contributed by atoms with Crippen LogP contribution in [-0.4, -0.2) is 50.9 Å². The summed E-state index contributed by atoms with van der Waals surface area (Å²) in [6.07, 6.45) is 3.95. The average molecular weight is 629 g/mol. The van der Waals surface area contributed by atoms with E-state index in [0.717, 1.165) is 40.0 Å². The van der Waals surface area contributed by atoms with Crippen LogP contribution in [0.3, 0.4) is 0 Å². The van der Waals surface area contributed by atoms with Crippen molar-refractivity contribution < 1.29 is 22.7 Å². The van der Waals surface area contributed by atoms with E-state index in [9.17, 15) is 18.0 Å². The molecule has 212 valence electrons. The number of rotatable bonds is 11. The second-order valence-corrected chi connectivity index (χ2v) is 12.6. The molecule has 1 saturated carbocycles. The van der Waals surface area contributed by atoms with Gasteiger partial charge in [0.2, 0.25) is 11.8 Å². The fourth-order valence-electron chi connectivity index (χ4n) is 4.76. The largest absolute Gasteiger partial charge is 0.497 e. The van der Waals surface area contributed by atoms with E-state index >= 15 is 0 Å². The number of methoxy groups -OCH3 is 1. The molecule has 4 rings (SSSR count). The molecule has 3 aromatic rings. The Balaban J connectivity index is 1.66. The molecule has 1 fully saturated rings. The van der Waals surface area contributed by atoms with Crippen molar-refractivity contribution in [2.45, 2.75) is 56.1 Å². The number of hydrogen-bond donors (Lipinski definition) is 1. The van der Waals surface area contributed by atoms with Crippen molar-refractivity contribution in [3.8, 4) is 5.75 Å². The van der Waals surface area contributed by atoms with E-state index in [1.165, 1.54) is 17.0 Å². The van der Waals surface area contributed by atoms with Crippen LogP contribution in [0.4, 0.5) is 5.69 Å². The molecule has 0 spiro atoms. The Kier molecular flexibility index (Phi) is 9.86. The molecule has 1 atom stereocenters. The molecule has 0 aliphatic heterocycles. The van der Waals surface area contributed by atoms with Crippen molar-refractivity contribution >= 4 is 43.5 Å². The van der Waals surface area contributed by atoms with Crippen LogP contribution in [0.15, 0.2) is 88.2 Å². The molecule has 1 aliphatic rings. The van der Waals surface area contributed by atoms with Crippen LogP contribution in [-0.2, 0) is 26.2 Å². The van der Waals surface area contributed by atoms with E-state index in [1.54, 1.807) is 68.6 Å². The smallest absolute Gasteiger partial charge is 0.264 e. The zero-order valence-corrected chi connectivity index (χ0v) is 25.0. The maximum absolute atomic E-state index is 14.0. The van der Waals surface area contributed by atoms with Gasteiger partial charge in [0.15, 0.2) is 0 Å². The van der Waals surface area contributed by atoms with Crippen molar-refractivity contribution in [1.82, 2.24) is 10.2 Å². The lowest BCUT2D eigenvalue weighted by molar-refractivity contribution is -0.139. The van der Waals surface area contributed by atoms with Crippen LogP contribution in [0, 0.1) is 0 Å². The van der Waals surface area contributed by atoms with Gasteiger partial charge in [-0.2, -0.15) is 0 Å². The molecule has 0 bridgehead atoms. The van der Waals surface area contributed by atoms with Gasteiger partial charge in [0.05, 0.1) is 17.7 Å². The molecule has 3 aromatic carbocycles. The minimum absolute atomic E-state index is 0.0689. The van der Waals surface area contributed by atoms with E-state index in [4.69, 9.17) is 4.74 Å². The number of sulfonamides is 1. The summed E-state index contributed by atoms with van der Waals surface area (Å²) < 4.78 is 34.7. The Morgan fingerprint density at radius 3 is 2.20 bits per heavy atom. The topological polar surface area (TPSA) is 96.0 Å². The summed E-state index contributed by atoms with van der Waals surface area (Å²) in [5, 5.41) is 3.08. The zero-order chi connectivity index (χ0) is 28.7. The summed E-state index contributed by atoms with van der Waals surface area (Å²) in [6, 6.07) is 21.2. The molecule has 8 nitrogen and oxygen atoms in total. The summed E-state index contributed by atoms with van der Waals surface area (Å²) in [4.78, 5) is 28.8. The monoisotopic (exact) mass is 627 g/mol. The van der Waals surface area contributed by atoms with Crippen LogP contribution >= 0.6 is 15.9 Å². The lowest BCUT2D eigenvalue weighted by atomic mass is 10.1. The summed E-state index contributed by atoms with van der Waals surface area (Å²) in [5.74, 6) is -0.0776. The van der Waals surface area contributed by atoms with E-state index in [0.29, 0.717) is 11.4 Å². The van der Waals surface area contributed by atoms with Gasteiger partial charge in [0.1, 0.15) is 18.3 Å². The predicted octanol–water partition coefficient (Wildman–Crippen LogP) is 5.13. The number of ether oxygens (including phenoxy) is 1. The van der Waals surface area contributed by atoms with Crippen molar-refractivity contribution in [1.29, 1.82) is 0 Å². The maximum Gasteiger partial charge on any atom is 0.264 e. The summed E-state index contributed by atoms with van der Waals surface area (Å²) in [6.45, 7) is 1.33. The highest BCUT2D eigenvalue weighted by molar-refractivity contribution is 9.10. The number of nitrogens with one attached hydrogen (secondary N) is 1. The average Bonchev–Trinajstić information content (AvgIpc) is 3.48. The van der Waals surface area contributed by atoms with Gasteiger partial charge < -0.3 is 15.0 Å². The Morgan fingerprint density at radius 1 is 0.975 bits per heavy atom. The van der Waals surface area contributed by atoms with Crippen molar-refractivity contribution in [3.05, 3.63) is 88.9 Å². The number of amides is 2. The number of nitrogens with zero attached hydrogens (tertiary/aromatic N) is 2. The number of carbonyl (C=O) groups excluding carboxylic acids is 2. The Labute approximate surface area is 244 Å². The van der Waals surface area contributed by atoms with Gasteiger partial charge in [-0.3, -0.25) is 13.9 Å². The third-order valence-corrected chi connectivity index (χ3v) is 9.42. The summed E-state index contributed by atoms with van der Waals surface area (Å²) >= 11 is 3.39. The van der Waals surface area contributed by atoms with Gasteiger partial charge in [-0.05, 0) is 73.9 Å². The quantitative estimate of drug-likeness (QED) is 0.318. The van der Waals surface area contributed by atoms with Crippen LogP contribution in [0.2, 0.25) is 0 Å². The number of benzene rings is 3. The first-order valence-electron chi connectivity index (χ1n) is 13.2. The second kappa shape index (κ2) is 13.3. The van der Waals surface area contributed by atoms with Gasteiger partial charge in [0.25, 0.3) is 10.0 Å². The molecule has 0 aromatic heterocycles. The zero-order valence-electron chi connectivity index (χ0n) is 22.6. The SMILES string of the molecule is COc1ccc(CN(C(=O)CN(c2ccc(Br)cc2)S(=O)(=O)c2ccccc2)[C@H](C)C(=O)NC2CCCC2)cc1. The molecule has 0 heterocycles. The number of carbonyl (C=O) groups is 2. The molecule has 0 radical (unpaired) electrons. The third-order valence-electron chi connectivity index (χ3n) is 7.11. The highest BCUT2D eigenvalue weighted by Crippen LogP contribution is 2.26. The summed E-state index contributed by atoms with van der Waals surface area (Å²) in [5.41, 5.74) is 1.13. The van der Waals surface area contributed by atoms with E-state index in [-0.39, 0.29) is 23.4 Å². The fourth-order valence-corrected chi connectivity index (χ4v) is 6.46. The van der Waals surface area contributed by atoms with Gasteiger partial charge in [0, 0.05) is 17.1 Å². The first-order chi connectivity index (χ1) is 19.2. The Bertz CT molecular complexity index is 1390. The van der Waals surface area contributed by atoms with Gasteiger partial charge in [-0.1, -0.05) is 59.1 Å². The lowest BCUT2D eigenvalue weighted by Gasteiger charge is -2.32. The van der Waals surface area contributed by atoms with E-state index in [2.05, 4.69) is 21.2 Å². The molecule has 1 N–H and O–H groups in total. The third kappa shape index (κ3) is 7.22. The highest BCUT2D eigenvalue weighted by Gasteiger charge is 2.33. The standard InChI is InChI=1S/C30H34BrN3O5S/c1-22(30(36)32-25-8-6-7-9-25)33(20-23-12-18-27(39-2)19-13-23)29(35)21-34(26-16-14-24(31)15-17-26)40(37,38)28-10-4-3-5-11-28/h3-5,10-19,22,25H,6-9,20-21H2,1-2H3,(H,32,36)/t22-/m1/s1. The minimum Gasteiger partial charge on any atom is -0.497 e. The fraction of sp³-hybridized carbons (Fsp3) is 0.333. The number of hydrogen-bond acceptors (Lipinski definition) is 5. The highest BCUT2D eigenvalue weighted by atomic mass is 79.9. The first kappa shape index (κ1) is 29.6. The first-order valence-corrected chi connectivity index (χ1v) is 15.5. The Hall–Kier alpha value is -3.37. The van der Waals surface area contributed by atoms with Gasteiger partial charge in [-0.25, -0.2) is 8.42 Å². The number of anilines is 1. The second-order valence-electron chi connectivity index (χ2n) is 9.84. The van der Waals surface area contributed by atoms with Crippen LogP contribution in [0.5, 0.6) is 5.75 Å². The van der Waals surface area contributed by atoms with E-state index < -0.39 is 28.5 Å². The molecule has 10 heteroatoms. The van der Waals surface area contributed by atoms with Crippen molar-refractivity contribution in [2.75, 3.05) is 18.0 Å². The molecule has 40 heavy (non-hydrogen) atoms. The Morgan fingerprint density at radius 2 is 1.60 bits per heavy atom. The molecule has 2 amide bonds. The summed E-state index contributed by atoms with van der Waals surface area (Å²) in [7, 11) is -2.52. The molecular weight excluding hydrogens is 594 g/mol. The number of halogens is 1. The lowest BCUT2D eigenvalue weighted by Crippen LogP contribution is -2.52. The normalized spacial score (nSPS) is 14.4. The molecular formula is C30H34BrN3O5S. The molecule has 1 aliphatic carbocycles. The minimum atomic E-state index is -4.09. The maximum atomic E-state index is 14.0. The molecule has 0 unspecified atom stereocenters. The van der Waals surface area contributed by atoms with Crippen LogP contribution < -0.4 is 14.4 Å².